The number of unbranched alkanes of at least 4 members (excludes halogenated alkanes) is 1. The van der Waals surface area contributed by atoms with E-state index < -0.39 is 0 Å². The highest BCUT2D eigenvalue weighted by atomic mass is 16.5. The van der Waals surface area contributed by atoms with Crippen LogP contribution in [0.5, 0.6) is 0 Å². The molecule has 4 rings (SSSR count). The van der Waals surface area contributed by atoms with E-state index in [1.54, 1.807) is 0 Å². The summed E-state index contributed by atoms with van der Waals surface area (Å²) in [7, 11) is 0. The predicted molar refractivity (Wildman–Crippen MR) is 133 cm³/mol. The first kappa shape index (κ1) is 23.2. The summed E-state index contributed by atoms with van der Waals surface area (Å²) in [6, 6.07) is 24.2. The van der Waals surface area contributed by atoms with Crippen molar-refractivity contribution in [3.8, 4) is 22.5 Å². The average Bonchev–Trinajstić information content (AvgIpc) is 3.42. The average molecular weight is 456 g/mol. The minimum atomic E-state index is -0.284. The summed E-state index contributed by atoms with van der Waals surface area (Å²) >= 11 is 0. The van der Waals surface area contributed by atoms with E-state index in [9.17, 15) is 4.79 Å². The van der Waals surface area contributed by atoms with Gasteiger partial charge in [0.05, 0.1) is 17.9 Å². The van der Waals surface area contributed by atoms with Crippen molar-refractivity contribution in [2.45, 2.75) is 33.2 Å². The van der Waals surface area contributed by atoms with Gasteiger partial charge in [0.15, 0.2) is 5.82 Å². The largest absolute Gasteiger partial charge is 0.462 e. The quantitative estimate of drug-likeness (QED) is 0.317. The number of hydrogen-bond donors (Lipinski definition) is 1. The Morgan fingerprint density at radius 3 is 2.38 bits per heavy atom. The highest BCUT2D eigenvalue weighted by Crippen LogP contribution is 2.30. The number of hydrogen-bond acceptors (Lipinski definition) is 6. The Kier molecular flexibility index (Phi) is 7.65. The van der Waals surface area contributed by atoms with Crippen molar-refractivity contribution in [1.29, 1.82) is 0 Å². The number of aromatic amines is 1. The van der Waals surface area contributed by atoms with Crippen LogP contribution in [-0.2, 0) is 11.3 Å². The van der Waals surface area contributed by atoms with Crippen LogP contribution in [0.25, 0.3) is 22.5 Å². The van der Waals surface area contributed by atoms with E-state index >= 15 is 0 Å². The summed E-state index contributed by atoms with van der Waals surface area (Å²) in [5, 5.41) is 14.3. The third-order valence-electron chi connectivity index (χ3n) is 5.69. The summed E-state index contributed by atoms with van der Waals surface area (Å²) in [6.07, 6.45) is 2.11. The van der Waals surface area contributed by atoms with Crippen LogP contribution in [-0.4, -0.2) is 39.7 Å². The fraction of sp³-hybridized carbons (Fsp3) is 0.259. The molecule has 0 bridgehead atoms. The summed E-state index contributed by atoms with van der Waals surface area (Å²) in [4.78, 5) is 14.8. The highest BCUT2D eigenvalue weighted by molar-refractivity contribution is 5.95. The molecule has 174 valence electrons. The van der Waals surface area contributed by atoms with Crippen LogP contribution in [0.15, 0.2) is 72.8 Å². The molecule has 4 aromatic rings. The molecule has 1 N–H and O–H groups in total. The molecule has 0 spiro atoms. The minimum Gasteiger partial charge on any atom is -0.462 e. The van der Waals surface area contributed by atoms with Gasteiger partial charge in [0.25, 0.3) is 0 Å². The van der Waals surface area contributed by atoms with Crippen molar-refractivity contribution in [1.82, 2.24) is 20.6 Å². The van der Waals surface area contributed by atoms with Gasteiger partial charge < -0.3 is 9.64 Å². The number of rotatable bonds is 10. The molecule has 7 nitrogen and oxygen atoms in total. The number of ether oxygens (including phenoxy) is 1. The van der Waals surface area contributed by atoms with Gasteiger partial charge in [0.2, 0.25) is 0 Å². The lowest BCUT2D eigenvalue weighted by Crippen LogP contribution is -2.26. The second-order valence-corrected chi connectivity index (χ2v) is 8.01. The number of anilines is 1. The van der Waals surface area contributed by atoms with Crippen LogP contribution in [0, 0.1) is 0 Å². The first-order valence-electron chi connectivity index (χ1n) is 11.6. The summed E-state index contributed by atoms with van der Waals surface area (Å²) in [5.41, 5.74) is 5.77. The number of tetrazole rings is 1. The maximum absolute atomic E-state index is 12.6. The van der Waals surface area contributed by atoms with E-state index in [1.165, 1.54) is 0 Å². The SMILES string of the molecule is CCCCN(Cc1ccc(-c2ccccc2-c2nnn[nH]2)cc1)c1ccccc1C(=O)OCC. The van der Waals surface area contributed by atoms with Gasteiger partial charge in [-0.05, 0) is 52.6 Å². The Balaban J connectivity index is 1.60. The van der Waals surface area contributed by atoms with Crippen molar-refractivity contribution in [2.75, 3.05) is 18.1 Å². The van der Waals surface area contributed by atoms with Gasteiger partial charge in [-0.25, -0.2) is 9.89 Å². The molecule has 0 saturated heterocycles. The topological polar surface area (TPSA) is 84.0 Å². The van der Waals surface area contributed by atoms with E-state index in [0.717, 1.165) is 47.3 Å². The Bertz CT molecular complexity index is 1210. The van der Waals surface area contributed by atoms with Crippen LogP contribution in [0.1, 0.15) is 42.6 Å². The zero-order valence-corrected chi connectivity index (χ0v) is 19.6. The summed E-state index contributed by atoms with van der Waals surface area (Å²) in [5.74, 6) is 0.356. The maximum Gasteiger partial charge on any atom is 0.340 e. The summed E-state index contributed by atoms with van der Waals surface area (Å²) in [6.45, 7) is 5.91. The van der Waals surface area contributed by atoms with Crippen molar-refractivity contribution >= 4 is 11.7 Å². The van der Waals surface area contributed by atoms with E-state index in [2.05, 4.69) is 62.8 Å². The van der Waals surface area contributed by atoms with Crippen molar-refractivity contribution in [2.24, 2.45) is 0 Å². The second-order valence-electron chi connectivity index (χ2n) is 8.01. The molecule has 7 heteroatoms. The van der Waals surface area contributed by atoms with Gasteiger partial charge in [0, 0.05) is 18.7 Å². The number of H-pyrrole nitrogens is 1. The smallest absolute Gasteiger partial charge is 0.340 e. The molecule has 0 unspecified atom stereocenters. The zero-order valence-electron chi connectivity index (χ0n) is 19.6. The Morgan fingerprint density at radius 1 is 0.941 bits per heavy atom. The molecular formula is C27H29N5O2. The lowest BCUT2D eigenvalue weighted by molar-refractivity contribution is 0.0527. The lowest BCUT2D eigenvalue weighted by atomic mass is 9.98. The van der Waals surface area contributed by atoms with Crippen molar-refractivity contribution in [3.05, 3.63) is 83.9 Å². The highest BCUT2D eigenvalue weighted by Gasteiger charge is 2.18. The van der Waals surface area contributed by atoms with Crippen LogP contribution >= 0.6 is 0 Å². The van der Waals surface area contributed by atoms with E-state index in [0.29, 0.717) is 24.5 Å². The number of carbonyl (C=O) groups excluding carboxylic acids is 1. The van der Waals surface area contributed by atoms with Gasteiger partial charge in [-0.1, -0.05) is 74.0 Å². The number of nitrogens with one attached hydrogen (secondary N) is 1. The second kappa shape index (κ2) is 11.2. The Labute approximate surface area is 199 Å². The Morgan fingerprint density at radius 2 is 1.68 bits per heavy atom. The van der Waals surface area contributed by atoms with Crippen molar-refractivity contribution in [3.63, 3.8) is 0 Å². The van der Waals surface area contributed by atoms with Crippen LogP contribution in [0.3, 0.4) is 0 Å². The van der Waals surface area contributed by atoms with E-state index in [4.69, 9.17) is 4.74 Å². The third kappa shape index (κ3) is 5.31. The molecule has 0 atom stereocenters. The number of nitrogens with zero attached hydrogens (tertiary/aromatic N) is 4. The number of para-hydroxylation sites is 1. The maximum atomic E-state index is 12.6. The number of carbonyl (C=O) groups is 1. The van der Waals surface area contributed by atoms with Crippen LogP contribution < -0.4 is 4.90 Å². The monoisotopic (exact) mass is 455 g/mol. The fourth-order valence-corrected chi connectivity index (χ4v) is 3.99. The standard InChI is InChI=1S/C27H29N5O2/c1-3-5-18-32(25-13-9-8-12-24(25)27(33)34-4-2)19-20-14-16-21(17-15-20)22-10-6-7-11-23(22)26-28-30-31-29-26/h6-17H,3-5,18-19H2,1-2H3,(H,28,29,30,31). The van der Waals surface area contributed by atoms with Gasteiger partial charge >= 0.3 is 5.97 Å². The normalized spacial score (nSPS) is 10.8. The molecule has 1 heterocycles. The fourth-order valence-electron chi connectivity index (χ4n) is 3.99. The molecular weight excluding hydrogens is 426 g/mol. The molecule has 0 amide bonds. The van der Waals surface area contributed by atoms with E-state index in [-0.39, 0.29) is 5.97 Å². The molecule has 1 aromatic heterocycles. The molecule has 3 aromatic carbocycles. The first-order chi connectivity index (χ1) is 16.7. The van der Waals surface area contributed by atoms with Gasteiger partial charge in [-0.15, -0.1) is 5.10 Å². The van der Waals surface area contributed by atoms with E-state index in [1.807, 2.05) is 49.4 Å². The minimum absolute atomic E-state index is 0.284. The first-order valence-corrected chi connectivity index (χ1v) is 11.6. The number of benzene rings is 3. The zero-order chi connectivity index (χ0) is 23.8. The molecule has 0 saturated carbocycles. The number of aromatic nitrogens is 4. The third-order valence-corrected chi connectivity index (χ3v) is 5.69. The van der Waals surface area contributed by atoms with Gasteiger partial charge in [0.1, 0.15) is 0 Å². The van der Waals surface area contributed by atoms with Crippen molar-refractivity contribution < 1.29 is 9.53 Å². The molecule has 0 aliphatic carbocycles. The lowest BCUT2D eigenvalue weighted by Gasteiger charge is -2.27. The summed E-state index contributed by atoms with van der Waals surface area (Å²) < 4.78 is 5.30. The molecule has 0 fully saturated rings. The Hall–Kier alpha value is -4.00. The molecule has 0 aliphatic rings. The van der Waals surface area contributed by atoms with Gasteiger partial charge in [-0.3, -0.25) is 0 Å². The van der Waals surface area contributed by atoms with Crippen LogP contribution in [0.2, 0.25) is 0 Å². The molecule has 0 radical (unpaired) electrons. The van der Waals surface area contributed by atoms with Gasteiger partial charge in [-0.2, -0.15) is 0 Å². The molecule has 0 aliphatic heterocycles. The van der Waals surface area contributed by atoms with Crippen LogP contribution in [0.4, 0.5) is 5.69 Å². The molecule has 34 heavy (non-hydrogen) atoms. The number of esters is 1. The predicted octanol–water partition coefficient (Wildman–Crippen LogP) is 5.52.